The van der Waals surface area contributed by atoms with Gasteiger partial charge in [0.05, 0.1) is 33.0 Å². The lowest BCUT2D eigenvalue weighted by atomic mass is 9.93. The van der Waals surface area contributed by atoms with Gasteiger partial charge in [-0.05, 0) is 13.0 Å². The molecule has 0 radical (unpaired) electrons. The first-order chi connectivity index (χ1) is 27.0. The lowest BCUT2D eigenvalue weighted by Crippen LogP contribution is -2.69. The summed E-state index contributed by atoms with van der Waals surface area (Å²) in [5.74, 6) is 0. The minimum atomic E-state index is -2.22. The van der Waals surface area contributed by atoms with E-state index >= 15 is 0 Å². The molecule has 0 spiro atoms. The van der Waals surface area contributed by atoms with E-state index in [9.17, 15) is 86.8 Å². The first kappa shape index (κ1) is 48.6. The molecule has 0 aromatic heterocycles. The number of hydrogen-bond donors (Lipinski definition) is 18. The fourth-order valence-electron chi connectivity index (χ4n) is 6.79. The molecule has 0 amide bonds. The molecule has 4 fully saturated rings. The van der Waals surface area contributed by atoms with E-state index in [1.165, 1.54) is 0 Å². The predicted molar refractivity (Wildman–Crippen MR) is 175 cm³/mol. The Morgan fingerprint density at radius 3 is 1.30 bits per heavy atom. The highest BCUT2D eigenvalue weighted by molar-refractivity contribution is 5.00. The molecule has 336 valence electrons. The highest BCUT2D eigenvalue weighted by atomic mass is 16.8. The second-order valence-corrected chi connectivity index (χ2v) is 14.1. The first-order valence-electron chi connectivity index (χ1n) is 18.2. The van der Waals surface area contributed by atoms with Crippen LogP contribution in [0.5, 0.6) is 0 Å². The first-order valence-corrected chi connectivity index (χ1v) is 18.2. The van der Waals surface area contributed by atoms with Gasteiger partial charge in [0.15, 0.2) is 25.2 Å². The molecule has 0 saturated carbocycles. The highest BCUT2D eigenvalue weighted by Crippen LogP contribution is 2.36. The molecule has 0 aromatic carbocycles. The normalized spacial score (nSPS) is 46.6. The summed E-state index contributed by atoms with van der Waals surface area (Å²) in [4.78, 5) is 0. The van der Waals surface area contributed by atoms with E-state index in [1.807, 2.05) is 0 Å². The smallest absolute Gasteiger partial charge is 0.187 e. The third-order valence-electron chi connectivity index (χ3n) is 10.1. The van der Waals surface area contributed by atoms with E-state index in [-0.39, 0.29) is 19.6 Å². The summed E-state index contributed by atoms with van der Waals surface area (Å²) in [7, 11) is 0. The van der Waals surface area contributed by atoms with Crippen LogP contribution in [-0.2, 0) is 37.9 Å². The molecule has 26 heteroatoms. The van der Waals surface area contributed by atoms with Crippen LogP contribution in [-0.4, -0.2) is 274 Å². The van der Waals surface area contributed by atoms with Gasteiger partial charge in [-0.1, -0.05) is 0 Å². The molecule has 1 unspecified atom stereocenters. The van der Waals surface area contributed by atoms with Crippen LogP contribution >= 0.6 is 0 Å². The second kappa shape index (κ2) is 21.7. The Kier molecular flexibility index (Phi) is 18.5. The lowest BCUT2D eigenvalue weighted by Gasteiger charge is -2.50. The minimum absolute atomic E-state index is 0.124. The van der Waals surface area contributed by atoms with Gasteiger partial charge in [-0.25, -0.2) is 0 Å². The van der Waals surface area contributed by atoms with Crippen molar-refractivity contribution in [2.24, 2.45) is 5.73 Å². The molecule has 19 N–H and O–H groups in total. The summed E-state index contributed by atoms with van der Waals surface area (Å²) < 4.78 is 45.0. The van der Waals surface area contributed by atoms with Gasteiger partial charge >= 0.3 is 0 Å². The van der Waals surface area contributed by atoms with Crippen LogP contribution in [0.3, 0.4) is 0 Å². The van der Waals surface area contributed by atoms with Crippen LogP contribution in [0, 0.1) is 0 Å². The van der Waals surface area contributed by atoms with Crippen molar-refractivity contribution in [2.75, 3.05) is 39.6 Å². The van der Waals surface area contributed by atoms with Gasteiger partial charge in [0.1, 0.15) is 122 Å². The van der Waals surface area contributed by atoms with Crippen LogP contribution in [0.1, 0.15) is 6.42 Å². The molecular weight excluding hydrogens is 786 g/mol. The van der Waals surface area contributed by atoms with Gasteiger partial charge in [0, 0.05) is 0 Å². The van der Waals surface area contributed by atoms with Crippen molar-refractivity contribution in [3.05, 3.63) is 0 Å². The largest absolute Gasteiger partial charge is 0.394 e. The third kappa shape index (κ3) is 10.7. The molecule has 0 bridgehead atoms. The van der Waals surface area contributed by atoms with Gasteiger partial charge in [0.2, 0.25) is 0 Å². The van der Waals surface area contributed by atoms with Crippen molar-refractivity contribution in [3.8, 4) is 0 Å². The monoisotopic (exact) mass is 843 g/mol. The van der Waals surface area contributed by atoms with Crippen molar-refractivity contribution in [1.29, 1.82) is 0 Å². The minimum Gasteiger partial charge on any atom is -0.394 e. The third-order valence-corrected chi connectivity index (χ3v) is 10.1. The van der Waals surface area contributed by atoms with E-state index in [1.54, 1.807) is 0 Å². The Morgan fingerprint density at radius 2 is 0.825 bits per heavy atom. The summed E-state index contributed by atoms with van der Waals surface area (Å²) >= 11 is 0. The van der Waals surface area contributed by atoms with Gasteiger partial charge in [-0.15, -0.1) is 0 Å². The molecule has 0 aromatic rings. The Balaban J connectivity index is 1.62. The maximum absolute atomic E-state index is 11.3. The van der Waals surface area contributed by atoms with Crippen LogP contribution in [0.2, 0.25) is 0 Å². The Bertz CT molecular complexity index is 1180. The average molecular weight is 844 g/mol. The van der Waals surface area contributed by atoms with E-state index in [0.29, 0.717) is 0 Å². The summed E-state index contributed by atoms with van der Waals surface area (Å²) in [5.41, 5.74) is 5.53. The zero-order chi connectivity index (χ0) is 42.5. The standard InChI is InChI=1S/C31H57NO25/c32-2-1-3-50-30-26(18(46)16(44)23(53-30)9(38)5-34)57-31-27(19(47)17(45)24(54-31)10(39)6-35)56-29-21(49)13(41)15(43)25(55-29)11(7-36)51-28-20(48)12(40)14(42)22(52-28)8(37)4-33/h8-31,33-49H,1-7,32H2/t8?,9-,10-,11-,12+,13+,14+,15+,16+,17+,18+,19+,20+,21+,22-,23-,24-,25-,26+,27+,28+,29-,30+,31-/m1/s1. The van der Waals surface area contributed by atoms with E-state index in [0.717, 1.165) is 0 Å². The molecule has 4 heterocycles. The Hall–Kier alpha value is -1.04. The molecule has 57 heavy (non-hydrogen) atoms. The maximum Gasteiger partial charge on any atom is 0.187 e. The topological polar surface area (TPSA) is 444 Å². The van der Waals surface area contributed by atoms with Crippen molar-refractivity contribution in [1.82, 2.24) is 0 Å². The molecule has 0 aliphatic carbocycles. The molecule has 4 aliphatic rings. The van der Waals surface area contributed by atoms with Crippen molar-refractivity contribution >= 4 is 0 Å². The summed E-state index contributed by atoms with van der Waals surface area (Å²) in [5, 5.41) is 177. The fraction of sp³-hybridized carbons (Fsp3) is 1.00. The quantitative estimate of drug-likeness (QED) is 0.0570. The molecule has 4 saturated heterocycles. The average Bonchev–Trinajstić information content (AvgIpc) is 3.20. The number of nitrogens with two attached hydrogens (primary N) is 1. The van der Waals surface area contributed by atoms with Crippen LogP contribution < -0.4 is 5.73 Å². The Labute approximate surface area is 323 Å². The Morgan fingerprint density at radius 1 is 0.439 bits per heavy atom. The van der Waals surface area contributed by atoms with Crippen molar-refractivity contribution in [3.63, 3.8) is 0 Å². The van der Waals surface area contributed by atoms with Crippen molar-refractivity contribution in [2.45, 2.75) is 154 Å². The van der Waals surface area contributed by atoms with Crippen LogP contribution in [0.4, 0.5) is 0 Å². The van der Waals surface area contributed by atoms with Crippen LogP contribution in [0.25, 0.3) is 0 Å². The second-order valence-electron chi connectivity index (χ2n) is 14.1. The molecule has 26 nitrogen and oxygen atoms in total. The number of ether oxygens (including phenoxy) is 8. The molecule has 4 aliphatic heterocycles. The zero-order valence-corrected chi connectivity index (χ0v) is 30.3. The zero-order valence-electron chi connectivity index (χ0n) is 30.3. The predicted octanol–water partition coefficient (Wildman–Crippen LogP) is -11.9. The molecular formula is C31H57NO25. The number of aliphatic hydroxyl groups excluding tert-OH is 17. The SMILES string of the molecule is NCCCO[C@H]1O[C@H]([C@H](O)CO)[C@@H](O)[C@H](O)[C@@H]1O[C@H]1O[C@H]([C@H](O)CO)[C@@H](O)[C@H](O)[C@@H]1O[C@H]1O[C@H]([C@@H](CO)O[C@H]2O[C@H](C(O)CO)[C@@H](O)[C@H](O)[C@@H]2O)[C@@H](O)[C@H](O)[C@@H]1O. The number of hydrogen-bond acceptors (Lipinski definition) is 26. The van der Waals surface area contributed by atoms with Crippen LogP contribution in [0.15, 0.2) is 0 Å². The van der Waals surface area contributed by atoms with Gasteiger partial charge in [0.25, 0.3) is 0 Å². The number of aliphatic hydroxyl groups is 17. The molecule has 4 rings (SSSR count). The maximum atomic E-state index is 11.3. The lowest BCUT2D eigenvalue weighted by molar-refractivity contribution is -0.402. The highest BCUT2D eigenvalue weighted by Gasteiger charge is 2.57. The summed E-state index contributed by atoms with van der Waals surface area (Å²) in [6, 6.07) is 0. The van der Waals surface area contributed by atoms with Gasteiger partial charge < -0.3 is 130 Å². The molecule has 24 atom stereocenters. The summed E-state index contributed by atoms with van der Waals surface area (Å²) in [6.45, 7) is -4.05. The van der Waals surface area contributed by atoms with E-state index in [4.69, 9.17) is 43.6 Å². The van der Waals surface area contributed by atoms with E-state index in [2.05, 4.69) is 0 Å². The van der Waals surface area contributed by atoms with Crippen molar-refractivity contribution < 1.29 is 125 Å². The van der Waals surface area contributed by atoms with E-state index < -0.39 is 174 Å². The van der Waals surface area contributed by atoms with Gasteiger partial charge in [-0.3, -0.25) is 0 Å². The fourth-order valence-corrected chi connectivity index (χ4v) is 6.79. The van der Waals surface area contributed by atoms with Gasteiger partial charge in [-0.2, -0.15) is 0 Å². The summed E-state index contributed by atoms with van der Waals surface area (Å²) in [6.07, 6.45) is -47.1. The number of rotatable bonds is 18.